The number of hydrogen-bond donors (Lipinski definition) is 3. The third-order valence-corrected chi connectivity index (χ3v) is 4.51. The van der Waals surface area contributed by atoms with Crippen LogP contribution in [0.15, 0.2) is 22.7 Å². The number of aromatic nitrogens is 2. The van der Waals surface area contributed by atoms with Crippen molar-refractivity contribution in [3.63, 3.8) is 0 Å². The van der Waals surface area contributed by atoms with Crippen LogP contribution in [0.2, 0.25) is 0 Å². The van der Waals surface area contributed by atoms with E-state index in [-0.39, 0.29) is 15.6 Å². The van der Waals surface area contributed by atoms with E-state index in [1.165, 1.54) is 17.6 Å². The molecule has 0 radical (unpaired) electrons. The minimum absolute atomic E-state index is 0.0464. The number of anilines is 1. The molecule has 0 saturated carbocycles. The number of imidazole rings is 1. The maximum atomic E-state index is 12.0. The van der Waals surface area contributed by atoms with Gasteiger partial charge in [-0.05, 0) is 11.4 Å². The monoisotopic (exact) mass is 301 g/mol. The number of carboxylic acid groups (broad SMARTS) is 1. The number of aromatic amines is 1. The number of thiophene rings is 1. The Morgan fingerprint density at radius 2 is 2.32 bits per heavy atom. The van der Waals surface area contributed by atoms with Crippen molar-refractivity contribution >= 4 is 33.0 Å². The number of H-pyrrole nitrogens is 1. The molecule has 0 aliphatic rings. The van der Waals surface area contributed by atoms with Gasteiger partial charge in [-0.3, -0.25) is 4.72 Å². The topological polar surface area (TPSA) is 112 Å². The molecule has 19 heavy (non-hydrogen) atoms. The molecule has 7 nitrogen and oxygen atoms in total. The van der Waals surface area contributed by atoms with Crippen molar-refractivity contribution in [3.8, 4) is 0 Å². The van der Waals surface area contributed by atoms with Gasteiger partial charge in [-0.25, -0.2) is 9.78 Å². The van der Waals surface area contributed by atoms with E-state index in [0.29, 0.717) is 12.2 Å². The molecule has 2 aromatic heterocycles. The van der Waals surface area contributed by atoms with Gasteiger partial charge in [-0.2, -0.15) is 8.42 Å². The summed E-state index contributed by atoms with van der Waals surface area (Å²) in [6.07, 6.45) is 1.78. The van der Waals surface area contributed by atoms with Crippen LogP contribution in [-0.2, 0) is 16.4 Å². The molecule has 9 heteroatoms. The molecule has 0 saturated heterocycles. The Bertz CT molecular complexity index is 702. The van der Waals surface area contributed by atoms with Crippen LogP contribution in [0.5, 0.6) is 0 Å². The molecule has 2 rings (SSSR count). The molecule has 3 N–H and O–H groups in total. The average Bonchev–Trinajstić information content (AvgIpc) is 2.95. The lowest BCUT2D eigenvalue weighted by atomic mass is 10.4. The molecule has 102 valence electrons. The van der Waals surface area contributed by atoms with E-state index in [9.17, 15) is 13.2 Å². The second-order valence-corrected chi connectivity index (χ2v) is 6.19. The number of carboxylic acids is 1. The maximum Gasteiger partial charge on any atom is 0.348 e. The van der Waals surface area contributed by atoms with Gasteiger partial charge in [0.05, 0.1) is 11.9 Å². The Labute approximate surface area is 113 Å². The second kappa shape index (κ2) is 5.02. The van der Waals surface area contributed by atoms with E-state index in [4.69, 9.17) is 5.11 Å². The van der Waals surface area contributed by atoms with Crippen molar-refractivity contribution in [2.24, 2.45) is 0 Å². The summed E-state index contributed by atoms with van der Waals surface area (Å²) < 4.78 is 26.3. The van der Waals surface area contributed by atoms with Crippen LogP contribution in [0, 0.1) is 0 Å². The van der Waals surface area contributed by atoms with Gasteiger partial charge < -0.3 is 10.1 Å². The van der Waals surface area contributed by atoms with Gasteiger partial charge in [0.15, 0.2) is 5.03 Å². The molecule has 0 aromatic carbocycles. The third-order valence-electron chi connectivity index (χ3n) is 2.33. The standard InChI is InChI=1S/C10H11N3O4S2/c1-2-7-11-5-8(12-7)19(16,17)13-6-3-4-18-9(6)10(14)15/h3-5,13H,2H2,1H3,(H,11,12)(H,14,15). The predicted molar refractivity (Wildman–Crippen MR) is 70.1 cm³/mol. The van der Waals surface area contributed by atoms with E-state index in [2.05, 4.69) is 14.7 Å². The summed E-state index contributed by atoms with van der Waals surface area (Å²) in [5.74, 6) is -0.629. The largest absolute Gasteiger partial charge is 0.477 e. The molecule has 0 bridgehead atoms. The minimum atomic E-state index is -3.85. The number of sulfonamides is 1. The highest BCUT2D eigenvalue weighted by atomic mass is 32.2. The van der Waals surface area contributed by atoms with E-state index in [1.54, 1.807) is 0 Å². The number of nitrogens with one attached hydrogen (secondary N) is 2. The van der Waals surface area contributed by atoms with Gasteiger partial charge in [0.1, 0.15) is 10.7 Å². The van der Waals surface area contributed by atoms with Gasteiger partial charge in [0, 0.05) is 6.42 Å². The van der Waals surface area contributed by atoms with Gasteiger partial charge in [-0.15, -0.1) is 11.3 Å². The molecule has 2 heterocycles. The Hall–Kier alpha value is -1.87. The lowest BCUT2D eigenvalue weighted by Gasteiger charge is -2.05. The van der Waals surface area contributed by atoms with Crippen molar-refractivity contribution in [2.45, 2.75) is 18.4 Å². The fourth-order valence-electron chi connectivity index (χ4n) is 1.41. The lowest BCUT2D eigenvalue weighted by molar-refractivity contribution is 0.0703. The summed E-state index contributed by atoms with van der Waals surface area (Å²) in [5, 5.41) is 10.3. The Morgan fingerprint density at radius 1 is 1.58 bits per heavy atom. The van der Waals surface area contributed by atoms with E-state index < -0.39 is 16.0 Å². The normalized spacial score (nSPS) is 11.4. The fourth-order valence-corrected chi connectivity index (χ4v) is 3.18. The number of hydrogen-bond acceptors (Lipinski definition) is 5. The highest BCUT2D eigenvalue weighted by Crippen LogP contribution is 2.24. The average molecular weight is 301 g/mol. The molecule has 0 amide bonds. The van der Waals surface area contributed by atoms with Crippen molar-refractivity contribution in [2.75, 3.05) is 4.72 Å². The predicted octanol–water partition coefficient (Wildman–Crippen LogP) is 1.53. The third kappa shape index (κ3) is 2.76. The van der Waals surface area contributed by atoms with Gasteiger partial charge >= 0.3 is 5.97 Å². The first-order valence-corrected chi connectivity index (χ1v) is 7.68. The zero-order chi connectivity index (χ0) is 14.0. The lowest BCUT2D eigenvalue weighted by Crippen LogP contribution is -2.14. The Kier molecular flexibility index (Phi) is 3.58. The number of nitrogens with zero attached hydrogens (tertiary/aromatic N) is 1. The van der Waals surface area contributed by atoms with Crippen LogP contribution < -0.4 is 4.72 Å². The van der Waals surface area contributed by atoms with E-state index in [1.807, 2.05) is 6.92 Å². The number of rotatable bonds is 5. The molecule has 0 aliphatic carbocycles. The second-order valence-electron chi connectivity index (χ2n) is 3.62. The first-order valence-electron chi connectivity index (χ1n) is 5.31. The quantitative estimate of drug-likeness (QED) is 0.775. The van der Waals surface area contributed by atoms with Crippen LogP contribution >= 0.6 is 11.3 Å². The van der Waals surface area contributed by atoms with E-state index >= 15 is 0 Å². The molecule has 0 atom stereocenters. The van der Waals surface area contributed by atoms with Crippen molar-refractivity contribution in [1.82, 2.24) is 9.97 Å². The molecule has 0 aliphatic heterocycles. The molecule has 2 aromatic rings. The SMILES string of the molecule is CCc1ncc(S(=O)(=O)Nc2ccsc2C(=O)O)[nH]1. The van der Waals surface area contributed by atoms with Crippen molar-refractivity contribution < 1.29 is 18.3 Å². The van der Waals surface area contributed by atoms with Crippen molar-refractivity contribution in [1.29, 1.82) is 0 Å². The number of carbonyl (C=O) groups is 1. The molecular formula is C10H11N3O4S2. The summed E-state index contributed by atoms with van der Waals surface area (Å²) in [6.45, 7) is 1.84. The van der Waals surface area contributed by atoms with E-state index in [0.717, 1.165) is 11.3 Å². The summed E-state index contributed by atoms with van der Waals surface area (Å²) in [6, 6.07) is 1.41. The van der Waals surface area contributed by atoms with Gasteiger partial charge in [0.25, 0.3) is 10.0 Å². The number of aromatic carboxylic acids is 1. The maximum absolute atomic E-state index is 12.0. The van der Waals surface area contributed by atoms with Gasteiger partial charge in [0.2, 0.25) is 0 Å². The first kappa shape index (κ1) is 13.6. The molecule has 0 spiro atoms. The van der Waals surface area contributed by atoms with Crippen molar-refractivity contribution in [3.05, 3.63) is 28.3 Å². The molecule has 0 unspecified atom stereocenters. The zero-order valence-corrected chi connectivity index (χ0v) is 11.5. The highest BCUT2D eigenvalue weighted by molar-refractivity contribution is 7.92. The fraction of sp³-hybridized carbons (Fsp3) is 0.200. The summed E-state index contributed by atoms with van der Waals surface area (Å²) >= 11 is 0.951. The van der Waals surface area contributed by atoms with Gasteiger partial charge in [-0.1, -0.05) is 6.92 Å². The van der Waals surface area contributed by atoms with Crippen LogP contribution in [-0.4, -0.2) is 29.5 Å². The molecule has 0 fully saturated rings. The first-order chi connectivity index (χ1) is 8.94. The molecular weight excluding hydrogens is 290 g/mol. The Morgan fingerprint density at radius 3 is 2.89 bits per heavy atom. The summed E-state index contributed by atoms with van der Waals surface area (Å²) in [4.78, 5) is 17.4. The smallest absolute Gasteiger partial charge is 0.348 e. The summed E-state index contributed by atoms with van der Waals surface area (Å²) in [7, 11) is -3.85. The highest BCUT2D eigenvalue weighted by Gasteiger charge is 2.21. The van der Waals surface area contributed by atoms with Crippen LogP contribution in [0.3, 0.4) is 0 Å². The van der Waals surface area contributed by atoms with Crippen LogP contribution in [0.25, 0.3) is 0 Å². The minimum Gasteiger partial charge on any atom is -0.477 e. The Balaban J connectivity index is 2.31. The number of aryl methyl sites for hydroxylation is 1. The van der Waals surface area contributed by atoms with Crippen LogP contribution in [0.4, 0.5) is 5.69 Å². The zero-order valence-electron chi connectivity index (χ0n) is 9.87. The van der Waals surface area contributed by atoms with Crippen LogP contribution in [0.1, 0.15) is 22.4 Å². The summed E-state index contributed by atoms with van der Waals surface area (Å²) in [5.41, 5.74) is 0.0464.